The predicted molar refractivity (Wildman–Crippen MR) is 113 cm³/mol. The molecule has 0 bridgehead atoms. The number of benzene rings is 2. The molecule has 7 heteroatoms. The first-order valence-electron chi connectivity index (χ1n) is 9.40. The van der Waals surface area contributed by atoms with Crippen molar-refractivity contribution < 1.29 is 13.2 Å². The van der Waals surface area contributed by atoms with Crippen LogP contribution in [0.25, 0.3) is 5.69 Å². The first kappa shape index (κ1) is 21.0. The zero-order valence-corrected chi connectivity index (χ0v) is 18.8. The smallest absolute Gasteiger partial charge is 0.227 e. The molecule has 3 rings (SSSR count). The van der Waals surface area contributed by atoms with Crippen LogP contribution in [0.2, 0.25) is 0 Å². The normalized spacial score (nSPS) is 12.2. The second-order valence-corrected chi connectivity index (χ2v) is 10.1. The molecule has 0 aliphatic rings. The van der Waals surface area contributed by atoms with Crippen molar-refractivity contribution in [2.45, 2.75) is 56.9 Å². The van der Waals surface area contributed by atoms with E-state index in [2.05, 4.69) is 31.1 Å². The fourth-order valence-electron chi connectivity index (χ4n) is 3.14. The van der Waals surface area contributed by atoms with Crippen LogP contribution in [0.15, 0.2) is 46.3 Å². The number of sulfone groups is 1. The van der Waals surface area contributed by atoms with Crippen LogP contribution in [-0.4, -0.2) is 30.5 Å². The maximum absolute atomic E-state index is 13.2. The molecule has 2 aromatic carbocycles. The van der Waals surface area contributed by atoms with Gasteiger partial charge in [0.25, 0.3) is 0 Å². The molecule has 0 aliphatic heterocycles. The maximum atomic E-state index is 13.2. The molecule has 0 radical (unpaired) electrons. The minimum Gasteiger partial charge on any atom is -0.494 e. The van der Waals surface area contributed by atoms with Crippen LogP contribution in [-0.2, 0) is 15.3 Å². The second kappa shape index (κ2) is 7.30. The lowest BCUT2D eigenvalue weighted by Gasteiger charge is -2.19. The molecule has 29 heavy (non-hydrogen) atoms. The van der Waals surface area contributed by atoms with E-state index in [-0.39, 0.29) is 15.3 Å². The summed E-state index contributed by atoms with van der Waals surface area (Å²) in [4.78, 5) is 0.202. The van der Waals surface area contributed by atoms with Gasteiger partial charge in [-0.25, -0.2) is 13.1 Å². The van der Waals surface area contributed by atoms with Crippen molar-refractivity contribution in [1.82, 2.24) is 15.0 Å². The van der Waals surface area contributed by atoms with Crippen molar-refractivity contribution in [3.63, 3.8) is 0 Å². The minimum atomic E-state index is -3.79. The number of aromatic nitrogens is 3. The number of hydrogen-bond donors (Lipinski definition) is 0. The Kier molecular flexibility index (Phi) is 5.30. The highest BCUT2D eigenvalue weighted by molar-refractivity contribution is 7.91. The number of methoxy groups -OCH3 is 1. The largest absolute Gasteiger partial charge is 0.494 e. The third-order valence-electron chi connectivity index (χ3n) is 5.16. The zero-order chi connectivity index (χ0) is 21.6. The van der Waals surface area contributed by atoms with E-state index in [0.29, 0.717) is 17.1 Å². The lowest BCUT2D eigenvalue weighted by molar-refractivity contribution is 0.410. The van der Waals surface area contributed by atoms with E-state index in [1.54, 1.807) is 26.2 Å². The Morgan fingerprint density at radius 3 is 2.10 bits per heavy atom. The lowest BCUT2D eigenvalue weighted by atomic mass is 9.87. The fraction of sp³-hybridized carbons (Fsp3) is 0.364. The molecule has 0 aliphatic carbocycles. The number of nitrogens with zero attached hydrogens (tertiary/aromatic N) is 3. The van der Waals surface area contributed by atoms with E-state index < -0.39 is 9.84 Å². The SMILES string of the molecule is COc1cc(C)c(C)cc1-n1nnc(S(=O)(=O)c2ccc(C(C)(C)C)cc2)c1C. The molecule has 0 spiro atoms. The van der Waals surface area contributed by atoms with Crippen molar-refractivity contribution in [3.05, 3.63) is 58.8 Å². The first-order chi connectivity index (χ1) is 13.5. The van der Waals surface area contributed by atoms with E-state index in [9.17, 15) is 8.42 Å². The molecule has 154 valence electrons. The molecule has 1 heterocycles. The average molecular weight is 414 g/mol. The monoisotopic (exact) mass is 413 g/mol. The summed E-state index contributed by atoms with van der Waals surface area (Å²) in [5.74, 6) is 0.611. The van der Waals surface area contributed by atoms with Gasteiger partial charge in [0.1, 0.15) is 11.4 Å². The van der Waals surface area contributed by atoms with Crippen LogP contribution in [0.1, 0.15) is 43.2 Å². The van der Waals surface area contributed by atoms with E-state index in [0.717, 1.165) is 16.7 Å². The van der Waals surface area contributed by atoms with Crippen molar-refractivity contribution in [2.24, 2.45) is 0 Å². The van der Waals surface area contributed by atoms with E-state index in [1.165, 1.54) is 4.68 Å². The molecule has 0 saturated carbocycles. The second-order valence-electron chi connectivity index (χ2n) is 8.28. The van der Waals surface area contributed by atoms with Gasteiger partial charge in [-0.2, -0.15) is 0 Å². The molecule has 1 aromatic heterocycles. The number of ether oxygens (including phenoxy) is 1. The quantitative estimate of drug-likeness (QED) is 0.636. The summed E-state index contributed by atoms with van der Waals surface area (Å²) in [6.45, 7) is 11.9. The zero-order valence-electron chi connectivity index (χ0n) is 17.9. The van der Waals surface area contributed by atoms with Crippen LogP contribution in [0.5, 0.6) is 5.75 Å². The summed E-state index contributed by atoms with van der Waals surface area (Å²) < 4.78 is 33.4. The van der Waals surface area contributed by atoms with Crippen LogP contribution < -0.4 is 4.74 Å². The van der Waals surface area contributed by atoms with Crippen molar-refractivity contribution >= 4 is 9.84 Å². The van der Waals surface area contributed by atoms with Gasteiger partial charge >= 0.3 is 0 Å². The average Bonchev–Trinajstić information content (AvgIpc) is 3.05. The summed E-state index contributed by atoms with van der Waals surface area (Å²) in [5.41, 5.74) is 4.24. The van der Waals surface area contributed by atoms with Crippen molar-refractivity contribution in [3.8, 4) is 11.4 Å². The predicted octanol–water partition coefficient (Wildman–Crippen LogP) is 4.33. The van der Waals surface area contributed by atoms with Gasteiger partial charge in [0.05, 0.1) is 17.7 Å². The van der Waals surface area contributed by atoms with Gasteiger partial charge in [0, 0.05) is 0 Å². The Morgan fingerprint density at radius 1 is 0.966 bits per heavy atom. The topological polar surface area (TPSA) is 74.1 Å². The molecule has 3 aromatic rings. The summed E-state index contributed by atoms with van der Waals surface area (Å²) in [6, 6.07) is 10.8. The Bertz CT molecular complexity index is 1160. The molecular weight excluding hydrogens is 386 g/mol. The van der Waals surface area contributed by atoms with Crippen LogP contribution in [0.4, 0.5) is 0 Å². The Hall–Kier alpha value is -2.67. The summed E-state index contributed by atoms with van der Waals surface area (Å²) in [5, 5.41) is 8.08. The molecule has 6 nitrogen and oxygen atoms in total. The standard InChI is InChI=1S/C22H27N3O3S/c1-14-12-19(20(28-7)13-15(14)2)25-16(3)21(23-24-25)29(26,27)18-10-8-17(9-11-18)22(4,5)6/h8-13H,1-7H3. The van der Waals surface area contributed by atoms with Gasteiger partial charge in [-0.15, -0.1) is 5.10 Å². The third-order valence-corrected chi connectivity index (χ3v) is 6.94. The van der Waals surface area contributed by atoms with Gasteiger partial charge in [-0.1, -0.05) is 38.1 Å². The Labute approximate surface area is 172 Å². The van der Waals surface area contributed by atoms with Gasteiger partial charge in [-0.05, 0) is 67.1 Å². The maximum Gasteiger partial charge on any atom is 0.227 e. The molecule has 0 unspecified atom stereocenters. The van der Waals surface area contributed by atoms with Crippen LogP contribution in [0.3, 0.4) is 0 Å². The highest BCUT2D eigenvalue weighted by Crippen LogP contribution is 2.30. The van der Waals surface area contributed by atoms with Gasteiger partial charge in [-0.3, -0.25) is 0 Å². The van der Waals surface area contributed by atoms with E-state index in [1.807, 2.05) is 38.1 Å². The molecule has 0 atom stereocenters. The fourth-order valence-corrected chi connectivity index (χ4v) is 4.48. The molecule has 0 fully saturated rings. The molecule has 0 saturated heterocycles. The van der Waals surface area contributed by atoms with Crippen molar-refractivity contribution in [1.29, 1.82) is 0 Å². The Morgan fingerprint density at radius 2 is 1.55 bits per heavy atom. The summed E-state index contributed by atoms with van der Waals surface area (Å²) in [7, 11) is -2.21. The number of aryl methyl sites for hydroxylation is 2. The minimum absolute atomic E-state index is 0.0544. The van der Waals surface area contributed by atoms with Crippen LogP contribution in [0, 0.1) is 20.8 Å². The summed E-state index contributed by atoms with van der Waals surface area (Å²) in [6.07, 6.45) is 0. The molecule has 0 N–H and O–H groups in total. The van der Waals surface area contributed by atoms with Gasteiger partial charge in [0.15, 0.2) is 0 Å². The molecular formula is C22H27N3O3S. The number of hydrogen-bond acceptors (Lipinski definition) is 5. The highest BCUT2D eigenvalue weighted by Gasteiger charge is 2.27. The number of rotatable bonds is 4. The van der Waals surface area contributed by atoms with Gasteiger partial charge < -0.3 is 4.74 Å². The third kappa shape index (κ3) is 3.79. The van der Waals surface area contributed by atoms with Gasteiger partial charge in [0.2, 0.25) is 14.9 Å². The van der Waals surface area contributed by atoms with E-state index >= 15 is 0 Å². The van der Waals surface area contributed by atoms with Crippen molar-refractivity contribution in [2.75, 3.05) is 7.11 Å². The Balaban J connectivity index is 2.09. The first-order valence-corrected chi connectivity index (χ1v) is 10.9. The highest BCUT2D eigenvalue weighted by atomic mass is 32.2. The summed E-state index contributed by atoms with van der Waals surface area (Å²) >= 11 is 0. The lowest BCUT2D eigenvalue weighted by Crippen LogP contribution is -2.12. The van der Waals surface area contributed by atoms with E-state index in [4.69, 9.17) is 4.74 Å². The molecule has 0 amide bonds. The van der Waals surface area contributed by atoms with Crippen LogP contribution >= 0.6 is 0 Å².